The van der Waals surface area contributed by atoms with Gasteiger partial charge >= 0.3 is 5.97 Å². The van der Waals surface area contributed by atoms with Crippen LogP contribution in [-0.2, 0) is 19.1 Å². The number of rotatable bonds is 9. The summed E-state index contributed by atoms with van der Waals surface area (Å²) in [7, 11) is 1.55. The van der Waals surface area contributed by atoms with E-state index in [1.807, 2.05) is 6.26 Å². The van der Waals surface area contributed by atoms with Gasteiger partial charge in [-0.3, -0.25) is 9.59 Å². The Morgan fingerprint density at radius 2 is 2.29 bits per heavy atom. The standard InChI is InChI=1S/C13H22N2O5S/c1-20-5-4-15-8-9(7-11(15)16)12(17)14-10(13(18)19)3-6-21-2/h9-10H,3-8H2,1-2H3,(H,14,17)(H,18,19)/t9?,10-/m1/s1. The maximum atomic E-state index is 12.1. The number of likely N-dealkylation sites (tertiary alicyclic amines) is 1. The molecule has 0 aromatic carbocycles. The topological polar surface area (TPSA) is 95.9 Å². The molecule has 0 aliphatic carbocycles. The summed E-state index contributed by atoms with van der Waals surface area (Å²) in [6.07, 6.45) is 2.38. The predicted octanol–water partition coefficient (Wildman–Crippen LogP) is -0.196. The zero-order chi connectivity index (χ0) is 15.8. The first-order valence-electron chi connectivity index (χ1n) is 6.78. The average Bonchev–Trinajstić information content (AvgIpc) is 2.82. The highest BCUT2D eigenvalue weighted by atomic mass is 32.2. The summed E-state index contributed by atoms with van der Waals surface area (Å²) in [4.78, 5) is 36.5. The number of carboxylic acids is 1. The van der Waals surface area contributed by atoms with Crippen molar-refractivity contribution in [3.05, 3.63) is 0 Å². The Labute approximate surface area is 128 Å². The van der Waals surface area contributed by atoms with Gasteiger partial charge < -0.3 is 20.1 Å². The maximum absolute atomic E-state index is 12.1. The quantitative estimate of drug-likeness (QED) is 0.611. The van der Waals surface area contributed by atoms with Crippen LogP contribution < -0.4 is 5.32 Å². The highest BCUT2D eigenvalue weighted by Gasteiger charge is 2.35. The van der Waals surface area contributed by atoms with Gasteiger partial charge in [-0.05, 0) is 18.4 Å². The fourth-order valence-corrected chi connectivity index (χ4v) is 2.62. The Hall–Kier alpha value is -1.28. The molecular weight excluding hydrogens is 296 g/mol. The number of thioether (sulfide) groups is 1. The normalized spacial score (nSPS) is 19.6. The fourth-order valence-electron chi connectivity index (χ4n) is 2.15. The zero-order valence-corrected chi connectivity index (χ0v) is 13.1. The molecule has 0 aromatic rings. The maximum Gasteiger partial charge on any atom is 0.326 e. The molecule has 7 nitrogen and oxygen atoms in total. The number of aliphatic carboxylic acids is 1. The van der Waals surface area contributed by atoms with E-state index in [9.17, 15) is 14.4 Å². The van der Waals surface area contributed by atoms with Gasteiger partial charge in [0, 0.05) is 26.6 Å². The van der Waals surface area contributed by atoms with Crippen molar-refractivity contribution < 1.29 is 24.2 Å². The summed E-state index contributed by atoms with van der Waals surface area (Å²) in [6, 6.07) is -0.895. The van der Waals surface area contributed by atoms with E-state index in [0.29, 0.717) is 31.9 Å². The third kappa shape index (κ3) is 5.55. The van der Waals surface area contributed by atoms with Crippen LogP contribution in [0.3, 0.4) is 0 Å². The Morgan fingerprint density at radius 3 is 2.86 bits per heavy atom. The van der Waals surface area contributed by atoms with Gasteiger partial charge in [0.2, 0.25) is 11.8 Å². The predicted molar refractivity (Wildman–Crippen MR) is 79.1 cm³/mol. The number of nitrogens with one attached hydrogen (secondary N) is 1. The molecule has 0 aromatic heterocycles. The van der Waals surface area contributed by atoms with Crippen molar-refractivity contribution in [2.45, 2.75) is 18.9 Å². The summed E-state index contributed by atoms with van der Waals surface area (Å²) in [5, 5.41) is 11.6. The van der Waals surface area contributed by atoms with Gasteiger partial charge in [0.25, 0.3) is 0 Å². The summed E-state index contributed by atoms with van der Waals surface area (Å²) in [5.41, 5.74) is 0. The van der Waals surface area contributed by atoms with Crippen LogP contribution >= 0.6 is 11.8 Å². The largest absolute Gasteiger partial charge is 0.480 e. The summed E-state index contributed by atoms with van der Waals surface area (Å²) < 4.78 is 4.91. The van der Waals surface area contributed by atoms with E-state index in [2.05, 4.69) is 5.32 Å². The molecular formula is C13H22N2O5S. The molecule has 2 amide bonds. The Balaban J connectivity index is 2.51. The van der Waals surface area contributed by atoms with Crippen molar-refractivity contribution in [3.8, 4) is 0 Å². The summed E-state index contributed by atoms with van der Waals surface area (Å²) in [5.74, 6) is -1.33. The van der Waals surface area contributed by atoms with E-state index in [4.69, 9.17) is 9.84 Å². The second-order valence-electron chi connectivity index (χ2n) is 4.91. The average molecular weight is 318 g/mol. The fraction of sp³-hybridized carbons (Fsp3) is 0.769. The number of ether oxygens (including phenoxy) is 1. The number of hydrogen-bond acceptors (Lipinski definition) is 5. The summed E-state index contributed by atoms with van der Waals surface area (Å²) in [6.45, 7) is 1.20. The van der Waals surface area contributed by atoms with Crippen LogP contribution in [-0.4, -0.2) is 72.6 Å². The van der Waals surface area contributed by atoms with Crippen LogP contribution in [0.4, 0.5) is 0 Å². The molecule has 120 valence electrons. The number of methoxy groups -OCH3 is 1. The molecule has 0 bridgehead atoms. The molecule has 1 aliphatic rings. The number of amides is 2. The lowest BCUT2D eigenvalue weighted by atomic mass is 10.1. The van der Waals surface area contributed by atoms with Crippen molar-refractivity contribution in [2.24, 2.45) is 5.92 Å². The van der Waals surface area contributed by atoms with E-state index in [1.165, 1.54) is 11.8 Å². The lowest BCUT2D eigenvalue weighted by molar-refractivity contribution is -0.142. The van der Waals surface area contributed by atoms with Gasteiger partial charge in [0.1, 0.15) is 6.04 Å². The van der Waals surface area contributed by atoms with E-state index in [0.717, 1.165) is 0 Å². The molecule has 21 heavy (non-hydrogen) atoms. The van der Waals surface area contributed by atoms with Crippen molar-refractivity contribution in [2.75, 3.05) is 38.8 Å². The molecule has 1 fully saturated rings. The van der Waals surface area contributed by atoms with Gasteiger partial charge in [-0.15, -0.1) is 0 Å². The lowest BCUT2D eigenvalue weighted by Crippen LogP contribution is -2.44. The van der Waals surface area contributed by atoms with Crippen LogP contribution in [0.1, 0.15) is 12.8 Å². The highest BCUT2D eigenvalue weighted by Crippen LogP contribution is 2.18. The Morgan fingerprint density at radius 1 is 1.57 bits per heavy atom. The third-order valence-electron chi connectivity index (χ3n) is 3.38. The third-order valence-corrected chi connectivity index (χ3v) is 4.02. The molecule has 0 spiro atoms. The molecule has 1 heterocycles. The first-order chi connectivity index (χ1) is 9.99. The second-order valence-corrected chi connectivity index (χ2v) is 5.90. The van der Waals surface area contributed by atoms with Crippen molar-refractivity contribution in [3.63, 3.8) is 0 Å². The van der Waals surface area contributed by atoms with Gasteiger partial charge in [-0.1, -0.05) is 0 Å². The number of carbonyl (C=O) groups is 3. The number of carbonyl (C=O) groups excluding carboxylic acids is 2. The van der Waals surface area contributed by atoms with Crippen LogP contribution in [0.15, 0.2) is 0 Å². The molecule has 1 unspecified atom stereocenters. The number of carboxylic acid groups (broad SMARTS) is 1. The number of hydrogen-bond donors (Lipinski definition) is 2. The Kier molecular flexibility index (Phi) is 7.52. The van der Waals surface area contributed by atoms with Crippen molar-refractivity contribution in [1.82, 2.24) is 10.2 Å². The van der Waals surface area contributed by atoms with E-state index in [-0.39, 0.29) is 18.2 Å². The van der Waals surface area contributed by atoms with Crippen molar-refractivity contribution >= 4 is 29.5 Å². The highest BCUT2D eigenvalue weighted by molar-refractivity contribution is 7.98. The molecule has 1 rings (SSSR count). The van der Waals surface area contributed by atoms with Gasteiger partial charge in [-0.25, -0.2) is 4.79 Å². The minimum atomic E-state index is -1.04. The first-order valence-corrected chi connectivity index (χ1v) is 8.17. The molecule has 1 saturated heterocycles. The number of nitrogens with zero attached hydrogens (tertiary/aromatic N) is 1. The van der Waals surface area contributed by atoms with Crippen LogP contribution in [0.25, 0.3) is 0 Å². The SMILES string of the molecule is COCCN1CC(C(=O)N[C@H](CCSC)C(=O)O)CC1=O. The summed E-state index contributed by atoms with van der Waals surface area (Å²) >= 11 is 1.53. The van der Waals surface area contributed by atoms with Gasteiger partial charge in [0.15, 0.2) is 0 Å². The van der Waals surface area contributed by atoms with Gasteiger partial charge in [0.05, 0.1) is 12.5 Å². The second kappa shape index (κ2) is 8.89. The van der Waals surface area contributed by atoms with Gasteiger partial charge in [-0.2, -0.15) is 11.8 Å². The first kappa shape index (κ1) is 17.8. The molecule has 2 N–H and O–H groups in total. The van der Waals surface area contributed by atoms with Crippen molar-refractivity contribution in [1.29, 1.82) is 0 Å². The van der Waals surface area contributed by atoms with E-state index in [1.54, 1.807) is 12.0 Å². The monoisotopic (exact) mass is 318 g/mol. The van der Waals surface area contributed by atoms with Crippen LogP contribution in [0.2, 0.25) is 0 Å². The molecule has 0 saturated carbocycles. The minimum Gasteiger partial charge on any atom is -0.480 e. The zero-order valence-electron chi connectivity index (χ0n) is 12.3. The van der Waals surface area contributed by atoms with Crippen LogP contribution in [0, 0.1) is 5.92 Å². The Bertz CT molecular complexity index is 391. The molecule has 1 aliphatic heterocycles. The molecule has 8 heteroatoms. The van der Waals surface area contributed by atoms with E-state index < -0.39 is 17.9 Å². The van der Waals surface area contributed by atoms with E-state index >= 15 is 0 Å². The smallest absolute Gasteiger partial charge is 0.326 e. The minimum absolute atomic E-state index is 0.0943. The molecule has 2 atom stereocenters. The van der Waals surface area contributed by atoms with Crippen LogP contribution in [0.5, 0.6) is 0 Å². The molecule has 0 radical (unpaired) electrons. The lowest BCUT2D eigenvalue weighted by Gasteiger charge is -2.18.